The van der Waals surface area contributed by atoms with E-state index in [0.29, 0.717) is 41.8 Å². The molecular weight excluding hydrogens is 550 g/mol. The van der Waals surface area contributed by atoms with Crippen LogP contribution in [0.5, 0.6) is 0 Å². The fraction of sp³-hybridized carbons (Fsp3) is 0. The Balaban J connectivity index is 0.00000294. The van der Waals surface area contributed by atoms with E-state index in [0.717, 1.165) is 0 Å². The predicted molar refractivity (Wildman–Crippen MR) is 141 cm³/mol. The van der Waals surface area contributed by atoms with Crippen molar-refractivity contribution in [1.82, 2.24) is 0 Å². The van der Waals surface area contributed by atoms with Gasteiger partial charge in [-0.2, -0.15) is 0 Å². The van der Waals surface area contributed by atoms with Crippen LogP contribution >= 0.6 is 7.82 Å². The molecule has 0 saturated carbocycles. The van der Waals surface area contributed by atoms with Crippen molar-refractivity contribution in [2.24, 2.45) is 0 Å². The van der Waals surface area contributed by atoms with Gasteiger partial charge in [0.2, 0.25) is 0 Å². The number of hydrogen-bond donors (Lipinski definition) is 0. The van der Waals surface area contributed by atoms with Gasteiger partial charge >= 0.3 is 37.4 Å². The molecule has 4 aromatic carbocycles. The summed E-state index contributed by atoms with van der Waals surface area (Å²) in [7, 11) is -8.09. The van der Waals surface area contributed by atoms with Gasteiger partial charge in [-0.15, -0.1) is 0 Å². The van der Waals surface area contributed by atoms with Crippen molar-refractivity contribution < 1.29 is 56.5 Å². The van der Waals surface area contributed by atoms with E-state index in [1.54, 1.807) is 109 Å². The average Bonchev–Trinajstić information content (AvgIpc) is 3.10. The van der Waals surface area contributed by atoms with Crippen LogP contribution in [-0.2, 0) is 35.2 Å². The predicted octanol–water partition coefficient (Wildman–Crippen LogP) is 2.85. The summed E-state index contributed by atoms with van der Waals surface area (Å²) in [4.78, 5) is 15.3. The number of rotatable bonds is 4. The third-order valence-corrected chi connectivity index (χ3v) is 9.83. The fourth-order valence-electron chi connectivity index (χ4n) is 4.29. The van der Waals surface area contributed by atoms with Crippen LogP contribution in [0.15, 0.2) is 117 Å². The standard InChI is InChI=1S/C28H19O6PS2.Na/c29-35(30,33-23-17-19-9-1-5-13-25(19)36(31)27-15-7-3-11-21(23)27)34-24-18-20-10-2-6-14-26(20)37(32)28-16-8-4-12-22(24)28;/h1-18H,(H,29,30);/q;+1/p-1. The van der Waals surface area contributed by atoms with Crippen LogP contribution in [0.25, 0.3) is 23.7 Å². The normalized spacial score (nSPS) is 18.8. The van der Waals surface area contributed by atoms with E-state index < -0.39 is 29.4 Å². The molecule has 0 saturated heterocycles. The number of phosphoric acid groups is 1. The third-order valence-electron chi connectivity index (χ3n) is 5.94. The second-order valence-electron chi connectivity index (χ2n) is 8.25. The van der Waals surface area contributed by atoms with Crippen LogP contribution < -0.4 is 34.5 Å². The number of phosphoric ester groups is 1. The van der Waals surface area contributed by atoms with Gasteiger partial charge in [-0.25, -0.2) is 13.0 Å². The summed E-state index contributed by atoms with van der Waals surface area (Å²) in [6.45, 7) is 0. The molecule has 0 spiro atoms. The number of fused-ring (bicyclic) bond motifs is 4. The van der Waals surface area contributed by atoms with E-state index in [2.05, 4.69) is 0 Å². The van der Waals surface area contributed by atoms with Crippen molar-refractivity contribution in [1.29, 1.82) is 0 Å². The Morgan fingerprint density at radius 3 is 1.32 bits per heavy atom. The Labute approximate surface area is 246 Å². The van der Waals surface area contributed by atoms with Gasteiger partial charge in [0.15, 0.2) is 0 Å². The first-order valence-corrected chi connectivity index (χ1v) is 15.0. The zero-order chi connectivity index (χ0) is 25.6. The Morgan fingerprint density at radius 1 is 0.553 bits per heavy atom. The molecule has 2 aliphatic heterocycles. The Kier molecular flexibility index (Phi) is 7.76. The van der Waals surface area contributed by atoms with Crippen LogP contribution in [0.3, 0.4) is 0 Å². The molecule has 0 N–H and O–H groups in total. The summed E-state index contributed by atoms with van der Waals surface area (Å²) < 4.78 is 51.0. The molecular formula is C28H18NaO6PS2. The quantitative estimate of drug-likeness (QED) is 0.278. The molecule has 0 amide bonds. The zero-order valence-electron chi connectivity index (χ0n) is 20.1. The number of hydrogen-bond acceptors (Lipinski definition) is 6. The minimum atomic E-state index is -5.03. The zero-order valence-corrected chi connectivity index (χ0v) is 24.6. The molecule has 38 heavy (non-hydrogen) atoms. The van der Waals surface area contributed by atoms with Crippen molar-refractivity contribution in [2.75, 3.05) is 0 Å². The minimum Gasteiger partial charge on any atom is -0.736 e. The molecule has 2 heterocycles. The minimum absolute atomic E-state index is 0. The van der Waals surface area contributed by atoms with E-state index in [1.807, 2.05) is 0 Å². The van der Waals surface area contributed by atoms with Gasteiger partial charge < -0.3 is 13.9 Å². The summed E-state index contributed by atoms with van der Waals surface area (Å²) in [6.07, 6.45) is 3.10. The second kappa shape index (κ2) is 10.9. The largest absolute Gasteiger partial charge is 1.00 e. The van der Waals surface area contributed by atoms with Crippen LogP contribution in [0, 0.1) is 0 Å². The van der Waals surface area contributed by atoms with Gasteiger partial charge in [-0.1, -0.05) is 72.8 Å². The summed E-state index contributed by atoms with van der Waals surface area (Å²) in [5.41, 5.74) is 1.93. The molecule has 6 rings (SSSR count). The Bertz CT molecular complexity index is 1610. The summed E-state index contributed by atoms with van der Waals surface area (Å²) in [6, 6.07) is 27.6. The Morgan fingerprint density at radius 2 is 0.895 bits per heavy atom. The van der Waals surface area contributed by atoms with Gasteiger partial charge in [-0.3, -0.25) is 0 Å². The summed E-state index contributed by atoms with van der Waals surface area (Å²) in [5.74, 6) is -0.00238. The van der Waals surface area contributed by atoms with Crippen molar-refractivity contribution in [3.8, 4) is 0 Å². The third kappa shape index (κ3) is 5.06. The molecule has 0 aliphatic carbocycles. The summed E-state index contributed by atoms with van der Waals surface area (Å²) in [5, 5.41) is 0. The maximum absolute atomic E-state index is 13.3. The molecule has 4 aromatic rings. The van der Waals surface area contributed by atoms with E-state index in [9.17, 15) is 17.9 Å². The second-order valence-corrected chi connectivity index (χ2v) is 12.3. The molecule has 184 valence electrons. The molecule has 2 aliphatic rings. The van der Waals surface area contributed by atoms with E-state index in [-0.39, 0.29) is 41.1 Å². The van der Waals surface area contributed by atoms with E-state index in [4.69, 9.17) is 9.05 Å². The maximum Gasteiger partial charge on any atom is 1.00 e. The van der Waals surface area contributed by atoms with Crippen LogP contribution in [0.4, 0.5) is 0 Å². The van der Waals surface area contributed by atoms with E-state index in [1.165, 1.54) is 0 Å². The molecule has 2 unspecified atom stereocenters. The first-order valence-electron chi connectivity index (χ1n) is 11.3. The van der Waals surface area contributed by atoms with E-state index >= 15 is 0 Å². The molecule has 6 nitrogen and oxygen atoms in total. The first-order chi connectivity index (χ1) is 17.9. The summed E-state index contributed by atoms with van der Waals surface area (Å²) >= 11 is 0. The van der Waals surface area contributed by atoms with Crippen molar-refractivity contribution in [3.05, 3.63) is 119 Å². The van der Waals surface area contributed by atoms with Gasteiger partial charge in [0.25, 0.3) is 0 Å². The first kappa shape index (κ1) is 27.0. The van der Waals surface area contributed by atoms with Gasteiger partial charge in [0.05, 0.1) is 41.2 Å². The van der Waals surface area contributed by atoms with Crippen LogP contribution in [-0.4, -0.2) is 8.42 Å². The van der Waals surface area contributed by atoms with Crippen molar-refractivity contribution in [3.63, 3.8) is 0 Å². The SMILES string of the molecule is O=S1c2ccccc2C=C(OP(=O)([O-])OC2=Cc3ccccc3S(=O)c3ccccc32)c2ccccc21.[Na+]. The van der Waals surface area contributed by atoms with Crippen LogP contribution in [0.1, 0.15) is 22.3 Å². The van der Waals surface area contributed by atoms with Gasteiger partial charge in [-0.05, 0) is 47.5 Å². The van der Waals surface area contributed by atoms with Gasteiger partial charge in [0, 0.05) is 11.1 Å². The van der Waals surface area contributed by atoms with Crippen molar-refractivity contribution >= 4 is 53.1 Å². The smallest absolute Gasteiger partial charge is 0.736 e. The maximum atomic E-state index is 13.3. The van der Waals surface area contributed by atoms with Crippen LogP contribution in [0.2, 0.25) is 0 Å². The molecule has 0 bridgehead atoms. The fourth-order valence-corrected chi connectivity index (χ4v) is 7.81. The average molecular weight is 569 g/mol. The molecule has 0 radical (unpaired) electrons. The molecule has 2 atom stereocenters. The van der Waals surface area contributed by atoms with Crippen molar-refractivity contribution in [2.45, 2.75) is 19.6 Å². The van der Waals surface area contributed by atoms with Gasteiger partial charge in [0.1, 0.15) is 11.5 Å². The molecule has 0 aromatic heterocycles. The number of benzene rings is 4. The molecule has 10 heteroatoms. The Hall–Kier alpha value is -2.55. The molecule has 0 fully saturated rings. The topological polar surface area (TPSA) is 92.7 Å². The monoisotopic (exact) mass is 568 g/mol.